The maximum absolute atomic E-state index is 5.53. The Morgan fingerprint density at radius 2 is 1.69 bits per heavy atom. The number of methoxy groups -OCH3 is 2. The first-order valence-electron chi connectivity index (χ1n) is 10.5. The average molecular weight is 363 g/mol. The number of rotatable bonds is 12. The predicted octanol–water partition coefficient (Wildman–Crippen LogP) is 4.79. The number of hydrogen-bond acceptors (Lipinski definition) is 4. The van der Waals surface area contributed by atoms with Gasteiger partial charge in [-0.25, -0.2) is 0 Å². The van der Waals surface area contributed by atoms with E-state index in [1.165, 1.54) is 70.0 Å². The lowest BCUT2D eigenvalue weighted by Gasteiger charge is -2.35. The van der Waals surface area contributed by atoms with Crippen molar-refractivity contribution in [1.29, 1.82) is 0 Å². The molecule has 1 saturated heterocycles. The van der Waals surface area contributed by atoms with Crippen molar-refractivity contribution in [2.24, 2.45) is 0 Å². The predicted molar refractivity (Wildman–Crippen MR) is 109 cm³/mol. The van der Waals surface area contributed by atoms with Crippen molar-refractivity contribution in [3.63, 3.8) is 0 Å². The Kier molecular flexibility index (Phi) is 9.86. The first kappa shape index (κ1) is 21.0. The monoisotopic (exact) mass is 362 g/mol. The topological polar surface area (TPSA) is 33.7 Å². The second-order valence-electron chi connectivity index (χ2n) is 7.35. The van der Waals surface area contributed by atoms with Crippen LogP contribution in [0.15, 0.2) is 18.2 Å². The highest BCUT2D eigenvalue weighted by molar-refractivity contribution is 5.44. The molecule has 1 unspecified atom stereocenters. The molecule has 4 nitrogen and oxygen atoms in total. The van der Waals surface area contributed by atoms with Gasteiger partial charge in [-0.3, -0.25) is 4.90 Å². The smallest absolute Gasteiger partial charge is 0.161 e. The van der Waals surface area contributed by atoms with Crippen molar-refractivity contribution in [3.05, 3.63) is 23.8 Å². The van der Waals surface area contributed by atoms with E-state index in [-0.39, 0.29) is 0 Å². The fraction of sp³-hybridized carbons (Fsp3) is 0.727. The van der Waals surface area contributed by atoms with Crippen LogP contribution in [0, 0.1) is 0 Å². The molecule has 2 rings (SSSR count). The molecular formula is C22H38N2O2. The standard InChI is InChI=1S/C22H38N2O2/c1-4-5-6-7-9-14-23-18-20(24-15-10-8-11-16-24)19-12-13-21(25-2)22(17-19)26-3/h12-13,17,20,23H,4-11,14-16,18H2,1-3H3. The van der Waals surface area contributed by atoms with E-state index in [1.54, 1.807) is 14.2 Å². The largest absolute Gasteiger partial charge is 0.493 e. The molecule has 4 heteroatoms. The van der Waals surface area contributed by atoms with Crippen molar-refractivity contribution in [3.8, 4) is 11.5 Å². The fourth-order valence-electron chi connectivity index (χ4n) is 3.84. The van der Waals surface area contributed by atoms with E-state index in [1.807, 2.05) is 6.07 Å². The van der Waals surface area contributed by atoms with Crippen molar-refractivity contribution in [2.45, 2.75) is 64.3 Å². The number of piperidine rings is 1. The molecule has 0 aromatic heterocycles. The van der Waals surface area contributed by atoms with Gasteiger partial charge in [-0.15, -0.1) is 0 Å². The molecule has 0 radical (unpaired) electrons. The molecule has 148 valence electrons. The summed E-state index contributed by atoms with van der Waals surface area (Å²) < 4.78 is 10.9. The minimum atomic E-state index is 0.408. The van der Waals surface area contributed by atoms with Gasteiger partial charge in [0, 0.05) is 12.6 Å². The first-order valence-corrected chi connectivity index (χ1v) is 10.5. The van der Waals surface area contributed by atoms with Crippen molar-refractivity contribution >= 4 is 0 Å². The van der Waals surface area contributed by atoms with Crippen LogP contribution in [-0.2, 0) is 0 Å². The van der Waals surface area contributed by atoms with Gasteiger partial charge in [0.2, 0.25) is 0 Å². The third-order valence-corrected chi connectivity index (χ3v) is 5.42. The lowest BCUT2D eigenvalue weighted by atomic mass is 10.0. The van der Waals surface area contributed by atoms with Gasteiger partial charge in [-0.2, -0.15) is 0 Å². The number of nitrogens with one attached hydrogen (secondary N) is 1. The average Bonchev–Trinajstić information content (AvgIpc) is 2.70. The van der Waals surface area contributed by atoms with Crippen molar-refractivity contribution in [2.75, 3.05) is 40.4 Å². The number of likely N-dealkylation sites (tertiary alicyclic amines) is 1. The molecular weight excluding hydrogens is 324 g/mol. The van der Waals surface area contributed by atoms with Crippen LogP contribution < -0.4 is 14.8 Å². The van der Waals surface area contributed by atoms with Gasteiger partial charge in [0.05, 0.1) is 14.2 Å². The Hall–Kier alpha value is -1.26. The molecule has 1 aromatic rings. The van der Waals surface area contributed by atoms with Crippen LogP contribution in [0.1, 0.15) is 69.9 Å². The number of nitrogens with zero attached hydrogens (tertiary/aromatic N) is 1. The van der Waals surface area contributed by atoms with Crippen LogP contribution in [0.2, 0.25) is 0 Å². The first-order chi connectivity index (χ1) is 12.8. The van der Waals surface area contributed by atoms with Crippen LogP contribution in [0.5, 0.6) is 11.5 Å². The SMILES string of the molecule is CCCCCCCNCC(c1ccc(OC)c(OC)c1)N1CCCCC1. The molecule has 0 saturated carbocycles. The van der Waals surface area contributed by atoms with Crippen LogP contribution in [0.25, 0.3) is 0 Å². The normalized spacial score (nSPS) is 16.4. The quantitative estimate of drug-likeness (QED) is 0.542. The van der Waals surface area contributed by atoms with Gasteiger partial charge in [0.1, 0.15) is 0 Å². The van der Waals surface area contributed by atoms with Crippen LogP contribution in [0.4, 0.5) is 0 Å². The summed E-state index contributed by atoms with van der Waals surface area (Å²) in [5, 5.41) is 3.71. The molecule has 1 aliphatic heterocycles. The lowest BCUT2D eigenvalue weighted by molar-refractivity contribution is 0.160. The third kappa shape index (κ3) is 6.48. The van der Waals surface area contributed by atoms with Gasteiger partial charge in [0.25, 0.3) is 0 Å². The van der Waals surface area contributed by atoms with Gasteiger partial charge < -0.3 is 14.8 Å². The highest BCUT2D eigenvalue weighted by atomic mass is 16.5. The highest BCUT2D eigenvalue weighted by Gasteiger charge is 2.23. The van der Waals surface area contributed by atoms with E-state index in [0.717, 1.165) is 24.6 Å². The zero-order valence-electron chi connectivity index (χ0n) is 17.1. The Balaban J connectivity index is 1.97. The second-order valence-corrected chi connectivity index (χ2v) is 7.35. The molecule has 1 aromatic carbocycles. The molecule has 0 spiro atoms. The maximum atomic E-state index is 5.53. The molecule has 26 heavy (non-hydrogen) atoms. The van der Waals surface area contributed by atoms with E-state index in [9.17, 15) is 0 Å². The summed E-state index contributed by atoms with van der Waals surface area (Å²) in [5.74, 6) is 1.63. The van der Waals surface area contributed by atoms with Gasteiger partial charge in [0.15, 0.2) is 11.5 Å². The summed E-state index contributed by atoms with van der Waals surface area (Å²) >= 11 is 0. The molecule has 0 aliphatic carbocycles. The summed E-state index contributed by atoms with van der Waals surface area (Å²) in [6.45, 7) is 6.77. The van der Waals surface area contributed by atoms with E-state index in [4.69, 9.17) is 9.47 Å². The van der Waals surface area contributed by atoms with E-state index >= 15 is 0 Å². The minimum Gasteiger partial charge on any atom is -0.493 e. The fourth-order valence-corrected chi connectivity index (χ4v) is 3.84. The Morgan fingerprint density at radius 3 is 2.38 bits per heavy atom. The summed E-state index contributed by atoms with van der Waals surface area (Å²) in [6, 6.07) is 6.80. The molecule has 1 aliphatic rings. The van der Waals surface area contributed by atoms with Crippen LogP contribution >= 0.6 is 0 Å². The molecule has 1 N–H and O–H groups in total. The van der Waals surface area contributed by atoms with Crippen molar-refractivity contribution < 1.29 is 9.47 Å². The lowest BCUT2D eigenvalue weighted by Crippen LogP contribution is -2.39. The molecule has 0 bridgehead atoms. The van der Waals surface area contributed by atoms with Gasteiger partial charge in [-0.05, 0) is 56.6 Å². The molecule has 1 fully saturated rings. The zero-order chi connectivity index (χ0) is 18.6. The summed E-state index contributed by atoms with van der Waals surface area (Å²) in [6.07, 6.45) is 10.6. The molecule has 0 amide bonds. The highest BCUT2D eigenvalue weighted by Crippen LogP contribution is 2.32. The van der Waals surface area contributed by atoms with Crippen molar-refractivity contribution in [1.82, 2.24) is 10.2 Å². The van der Waals surface area contributed by atoms with Gasteiger partial charge >= 0.3 is 0 Å². The van der Waals surface area contributed by atoms with Crippen LogP contribution in [0.3, 0.4) is 0 Å². The number of hydrogen-bond donors (Lipinski definition) is 1. The Morgan fingerprint density at radius 1 is 0.962 bits per heavy atom. The minimum absolute atomic E-state index is 0.408. The number of benzene rings is 1. The Bertz CT molecular complexity index is 501. The molecule has 1 atom stereocenters. The van der Waals surface area contributed by atoms with E-state index in [2.05, 4.69) is 29.3 Å². The third-order valence-electron chi connectivity index (χ3n) is 5.42. The Labute approximate surface area is 160 Å². The van der Waals surface area contributed by atoms with E-state index in [0.29, 0.717) is 6.04 Å². The maximum Gasteiger partial charge on any atom is 0.161 e. The number of ether oxygens (including phenoxy) is 2. The van der Waals surface area contributed by atoms with Crippen LogP contribution in [-0.4, -0.2) is 45.3 Å². The van der Waals surface area contributed by atoms with E-state index < -0.39 is 0 Å². The zero-order valence-corrected chi connectivity index (χ0v) is 17.1. The number of unbranched alkanes of at least 4 members (excludes halogenated alkanes) is 4. The molecule has 1 heterocycles. The summed E-state index contributed by atoms with van der Waals surface area (Å²) in [5.41, 5.74) is 1.32. The summed E-state index contributed by atoms with van der Waals surface area (Å²) in [4.78, 5) is 2.63. The summed E-state index contributed by atoms with van der Waals surface area (Å²) in [7, 11) is 3.41. The van der Waals surface area contributed by atoms with Gasteiger partial charge in [-0.1, -0.05) is 45.1 Å². The second kappa shape index (κ2) is 12.2.